The van der Waals surface area contributed by atoms with Gasteiger partial charge in [-0.05, 0) is 36.4 Å². The summed E-state index contributed by atoms with van der Waals surface area (Å²) in [7, 11) is 0. The molecule has 0 fully saturated rings. The van der Waals surface area contributed by atoms with E-state index in [1.54, 1.807) is 18.3 Å². The van der Waals surface area contributed by atoms with Crippen LogP contribution < -0.4 is 0 Å². The molecule has 1 heterocycles. The molecule has 0 radical (unpaired) electrons. The van der Waals surface area contributed by atoms with Crippen LogP contribution in [0.2, 0.25) is 0 Å². The second kappa shape index (κ2) is 4.89. The summed E-state index contributed by atoms with van der Waals surface area (Å²) in [6, 6.07) is 13.9. The van der Waals surface area contributed by atoms with Crippen LogP contribution in [0.1, 0.15) is 0 Å². The van der Waals surface area contributed by atoms with E-state index in [1.807, 2.05) is 24.3 Å². The van der Waals surface area contributed by atoms with E-state index >= 15 is 0 Å². The van der Waals surface area contributed by atoms with Gasteiger partial charge in [0.05, 0.1) is 22.9 Å². The molecular formula is C14H11FN2O. The second-order valence-corrected chi connectivity index (χ2v) is 3.75. The summed E-state index contributed by atoms with van der Waals surface area (Å²) in [4.78, 5) is 8.81. The van der Waals surface area contributed by atoms with Crippen LogP contribution >= 0.6 is 0 Å². The van der Waals surface area contributed by atoms with Gasteiger partial charge in [0, 0.05) is 5.56 Å². The summed E-state index contributed by atoms with van der Waals surface area (Å²) in [5.41, 5.74) is 3.32. The first-order valence-electron chi connectivity index (χ1n) is 5.31. The molecule has 0 amide bonds. The minimum Gasteiger partial charge on any atom is -0.412 e. The monoisotopic (exact) mass is 242 g/mol. The maximum absolute atomic E-state index is 12.8. The van der Waals surface area contributed by atoms with Gasteiger partial charge in [0.25, 0.3) is 0 Å². The van der Waals surface area contributed by atoms with Crippen molar-refractivity contribution in [2.75, 3.05) is 0 Å². The highest BCUT2D eigenvalue weighted by Gasteiger charge is 2.02. The van der Waals surface area contributed by atoms with Gasteiger partial charge in [0.15, 0.2) is 0 Å². The van der Waals surface area contributed by atoms with E-state index in [4.69, 9.17) is 0 Å². The van der Waals surface area contributed by atoms with Crippen molar-refractivity contribution >= 4 is 11.0 Å². The van der Waals surface area contributed by atoms with E-state index in [0.29, 0.717) is 0 Å². The Hall–Kier alpha value is -2.33. The van der Waals surface area contributed by atoms with Crippen LogP contribution in [0.5, 0.6) is 0 Å². The van der Waals surface area contributed by atoms with E-state index < -0.39 is 0 Å². The number of benzene rings is 2. The number of fused-ring (bicyclic) bond motifs is 1. The summed E-state index contributed by atoms with van der Waals surface area (Å²) in [5, 5.41) is 0. The van der Waals surface area contributed by atoms with Crippen molar-refractivity contribution in [3.63, 3.8) is 0 Å². The van der Waals surface area contributed by atoms with Crippen molar-refractivity contribution in [2.24, 2.45) is 0 Å². The van der Waals surface area contributed by atoms with Gasteiger partial charge in [0.1, 0.15) is 5.82 Å². The standard InChI is InChI=1S/C14H9FN2.H2O/c15-11-7-5-10(6-8-11)14-9-16-12-3-1-2-4-13(12)17-14;/h1-9H;1H2. The highest BCUT2D eigenvalue weighted by molar-refractivity contribution is 5.76. The molecule has 0 saturated heterocycles. The molecular weight excluding hydrogens is 231 g/mol. The van der Waals surface area contributed by atoms with Gasteiger partial charge in [-0.15, -0.1) is 0 Å². The summed E-state index contributed by atoms with van der Waals surface area (Å²) in [6.45, 7) is 0. The largest absolute Gasteiger partial charge is 0.412 e. The zero-order valence-electron chi connectivity index (χ0n) is 9.47. The average Bonchev–Trinajstić information content (AvgIpc) is 2.39. The van der Waals surface area contributed by atoms with Gasteiger partial charge >= 0.3 is 0 Å². The van der Waals surface area contributed by atoms with E-state index in [2.05, 4.69) is 9.97 Å². The zero-order valence-corrected chi connectivity index (χ0v) is 9.47. The molecule has 2 aromatic carbocycles. The molecule has 0 aliphatic carbocycles. The fourth-order valence-corrected chi connectivity index (χ4v) is 1.72. The van der Waals surface area contributed by atoms with Gasteiger partial charge < -0.3 is 5.48 Å². The summed E-state index contributed by atoms with van der Waals surface area (Å²) >= 11 is 0. The summed E-state index contributed by atoms with van der Waals surface area (Å²) in [5.74, 6) is -0.248. The topological polar surface area (TPSA) is 57.3 Å². The third-order valence-electron chi connectivity index (χ3n) is 2.59. The van der Waals surface area contributed by atoms with Crippen LogP contribution in [0.4, 0.5) is 4.39 Å². The molecule has 3 aromatic rings. The first kappa shape index (κ1) is 12.1. The van der Waals surface area contributed by atoms with Crippen molar-refractivity contribution < 1.29 is 9.87 Å². The normalized spacial score (nSPS) is 10.1. The Kier molecular flexibility index (Phi) is 3.30. The zero-order chi connectivity index (χ0) is 11.7. The summed E-state index contributed by atoms with van der Waals surface area (Å²) < 4.78 is 12.8. The Bertz CT molecular complexity index is 668. The van der Waals surface area contributed by atoms with Crippen molar-refractivity contribution in [2.45, 2.75) is 0 Å². The summed E-state index contributed by atoms with van der Waals surface area (Å²) in [6.07, 6.45) is 1.70. The predicted molar refractivity (Wildman–Crippen MR) is 68.5 cm³/mol. The number of aromatic nitrogens is 2. The Labute approximate surface area is 103 Å². The smallest absolute Gasteiger partial charge is 0.123 e. The van der Waals surface area contributed by atoms with Crippen molar-refractivity contribution in [3.8, 4) is 11.3 Å². The molecule has 0 aliphatic heterocycles. The molecule has 0 bridgehead atoms. The minimum atomic E-state index is -0.248. The van der Waals surface area contributed by atoms with Crippen LogP contribution in [0.25, 0.3) is 22.3 Å². The molecule has 2 N–H and O–H groups in total. The predicted octanol–water partition coefficient (Wildman–Crippen LogP) is 2.61. The first-order chi connectivity index (χ1) is 8.33. The van der Waals surface area contributed by atoms with Crippen molar-refractivity contribution in [3.05, 3.63) is 60.5 Å². The Morgan fingerprint density at radius 2 is 1.50 bits per heavy atom. The van der Waals surface area contributed by atoms with E-state index in [-0.39, 0.29) is 11.3 Å². The lowest BCUT2D eigenvalue weighted by atomic mass is 10.1. The maximum atomic E-state index is 12.8. The van der Waals surface area contributed by atoms with Crippen LogP contribution in [-0.2, 0) is 0 Å². The van der Waals surface area contributed by atoms with E-state index in [1.165, 1.54) is 12.1 Å². The first-order valence-corrected chi connectivity index (χ1v) is 5.31. The van der Waals surface area contributed by atoms with Gasteiger partial charge in [-0.1, -0.05) is 12.1 Å². The van der Waals surface area contributed by atoms with Gasteiger partial charge in [0.2, 0.25) is 0 Å². The lowest BCUT2D eigenvalue weighted by Gasteiger charge is -2.02. The number of para-hydroxylation sites is 2. The van der Waals surface area contributed by atoms with Crippen LogP contribution in [0, 0.1) is 5.82 Å². The number of hydrogen-bond acceptors (Lipinski definition) is 2. The highest BCUT2D eigenvalue weighted by Crippen LogP contribution is 2.19. The third-order valence-corrected chi connectivity index (χ3v) is 2.59. The molecule has 0 unspecified atom stereocenters. The SMILES string of the molecule is Fc1ccc(-c2cnc3ccccc3n2)cc1.O. The van der Waals surface area contributed by atoms with Crippen LogP contribution in [0.15, 0.2) is 54.7 Å². The lowest BCUT2D eigenvalue weighted by Crippen LogP contribution is -1.88. The van der Waals surface area contributed by atoms with Gasteiger partial charge in [-0.25, -0.2) is 9.37 Å². The van der Waals surface area contributed by atoms with Crippen LogP contribution in [-0.4, -0.2) is 15.4 Å². The average molecular weight is 242 g/mol. The highest BCUT2D eigenvalue weighted by atomic mass is 19.1. The molecule has 3 nitrogen and oxygen atoms in total. The molecule has 1 aromatic heterocycles. The van der Waals surface area contributed by atoms with Crippen molar-refractivity contribution in [1.82, 2.24) is 9.97 Å². The molecule has 0 aliphatic rings. The molecule has 3 rings (SSSR count). The maximum Gasteiger partial charge on any atom is 0.123 e. The number of rotatable bonds is 1. The molecule has 4 heteroatoms. The quantitative estimate of drug-likeness (QED) is 0.658. The minimum absolute atomic E-state index is 0. The van der Waals surface area contributed by atoms with Gasteiger partial charge in [-0.2, -0.15) is 0 Å². The number of nitrogens with zero attached hydrogens (tertiary/aromatic N) is 2. The van der Waals surface area contributed by atoms with E-state index in [0.717, 1.165) is 22.3 Å². The number of halogens is 1. The molecule has 0 saturated carbocycles. The lowest BCUT2D eigenvalue weighted by molar-refractivity contribution is 0.628. The Balaban J connectivity index is 0.00000120. The number of hydrogen-bond donors (Lipinski definition) is 0. The van der Waals surface area contributed by atoms with Crippen molar-refractivity contribution in [1.29, 1.82) is 0 Å². The van der Waals surface area contributed by atoms with Gasteiger partial charge in [-0.3, -0.25) is 4.98 Å². The Morgan fingerprint density at radius 1 is 0.833 bits per heavy atom. The Morgan fingerprint density at radius 3 is 2.22 bits per heavy atom. The van der Waals surface area contributed by atoms with Crippen LogP contribution in [0.3, 0.4) is 0 Å². The molecule has 18 heavy (non-hydrogen) atoms. The second-order valence-electron chi connectivity index (χ2n) is 3.75. The molecule has 0 spiro atoms. The molecule has 0 atom stereocenters. The fourth-order valence-electron chi connectivity index (χ4n) is 1.72. The molecule has 90 valence electrons. The van der Waals surface area contributed by atoms with E-state index in [9.17, 15) is 4.39 Å². The fraction of sp³-hybridized carbons (Fsp3) is 0. The third kappa shape index (κ3) is 2.19.